The van der Waals surface area contributed by atoms with Crippen molar-refractivity contribution in [1.82, 2.24) is 4.90 Å². The molecule has 0 bridgehead atoms. The van der Waals surface area contributed by atoms with Crippen LogP contribution in [0.3, 0.4) is 0 Å². The van der Waals surface area contributed by atoms with E-state index in [1.165, 1.54) is 32.1 Å². The second kappa shape index (κ2) is 7.05. The van der Waals surface area contributed by atoms with Gasteiger partial charge in [0.2, 0.25) is 0 Å². The van der Waals surface area contributed by atoms with Gasteiger partial charge in [0.05, 0.1) is 12.2 Å². The number of likely N-dealkylation sites (N-methyl/N-ethyl adjacent to an activating group) is 1. The van der Waals surface area contributed by atoms with Crippen LogP contribution in [0.15, 0.2) is 0 Å². The Hall–Kier alpha value is -0.120. The van der Waals surface area contributed by atoms with Crippen molar-refractivity contribution < 1.29 is 9.84 Å². The van der Waals surface area contributed by atoms with E-state index in [1.54, 1.807) is 0 Å². The van der Waals surface area contributed by atoms with Crippen LogP contribution in [0.25, 0.3) is 0 Å². The molecule has 0 amide bonds. The third-order valence-electron chi connectivity index (χ3n) is 5.26. The summed E-state index contributed by atoms with van der Waals surface area (Å²) in [6, 6.07) is 0. The zero-order chi connectivity index (χ0) is 13.7. The van der Waals surface area contributed by atoms with Gasteiger partial charge < -0.3 is 14.7 Å². The Morgan fingerprint density at radius 3 is 2.53 bits per heavy atom. The fourth-order valence-electron chi connectivity index (χ4n) is 3.92. The van der Waals surface area contributed by atoms with Crippen molar-refractivity contribution in [3.63, 3.8) is 0 Å². The number of hydrogen-bond acceptors (Lipinski definition) is 3. The second-order valence-corrected chi connectivity index (χ2v) is 6.64. The zero-order valence-corrected chi connectivity index (χ0v) is 12.7. The van der Waals surface area contributed by atoms with Crippen molar-refractivity contribution in [3.8, 4) is 0 Å². The minimum Gasteiger partial charge on any atom is -0.391 e. The first-order valence-electron chi connectivity index (χ1n) is 8.12. The maximum absolute atomic E-state index is 10.7. The Labute approximate surface area is 118 Å². The van der Waals surface area contributed by atoms with Gasteiger partial charge in [-0.15, -0.1) is 0 Å². The Morgan fingerprint density at radius 1 is 1.21 bits per heavy atom. The molecule has 19 heavy (non-hydrogen) atoms. The quantitative estimate of drug-likeness (QED) is 0.804. The number of hydrogen-bond donors (Lipinski definition) is 1. The van der Waals surface area contributed by atoms with E-state index in [1.807, 2.05) is 0 Å². The summed E-state index contributed by atoms with van der Waals surface area (Å²) in [6.07, 6.45) is 12.0. The lowest BCUT2D eigenvalue weighted by Gasteiger charge is -2.46. The van der Waals surface area contributed by atoms with E-state index in [4.69, 9.17) is 4.74 Å². The summed E-state index contributed by atoms with van der Waals surface area (Å²) in [5.74, 6) is 0. The minimum absolute atomic E-state index is 0.0365. The average Bonchev–Trinajstić information content (AvgIpc) is 2.92. The minimum atomic E-state index is -0.177. The van der Waals surface area contributed by atoms with Crippen LogP contribution < -0.4 is 0 Å². The summed E-state index contributed by atoms with van der Waals surface area (Å²) in [5, 5.41) is 10.7. The van der Waals surface area contributed by atoms with E-state index in [0.717, 1.165) is 38.7 Å². The molecule has 0 aromatic rings. The maximum atomic E-state index is 10.7. The summed E-state index contributed by atoms with van der Waals surface area (Å²) in [5.41, 5.74) is 0.0365. The summed E-state index contributed by atoms with van der Waals surface area (Å²) in [7, 11) is 4.27. The van der Waals surface area contributed by atoms with Crippen LogP contribution in [0.1, 0.15) is 64.2 Å². The van der Waals surface area contributed by atoms with E-state index in [0.29, 0.717) is 6.10 Å². The number of aliphatic hydroxyl groups is 1. The molecule has 2 unspecified atom stereocenters. The fourth-order valence-corrected chi connectivity index (χ4v) is 3.92. The molecule has 1 heterocycles. The van der Waals surface area contributed by atoms with Crippen molar-refractivity contribution in [1.29, 1.82) is 0 Å². The topological polar surface area (TPSA) is 32.7 Å². The molecule has 0 aromatic carbocycles. The van der Waals surface area contributed by atoms with E-state index < -0.39 is 0 Å². The summed E-state index contributed by atoms with van der Waals surface area (Å²) in [6.45, 7) is 0.939. The van der Waals surface area contributed by atoms with Gasteiger partial charge in [0.1, 0.15) is 0 Å². The summed E-state index contributed by atoms with van der Waals surface area (Å²) < 4.78 is 5.66. The maximum Gasteiger partial charge on any atom is 0.0723 e. The van der Waals surface area contributed by atoms with Crippen molar-refractivity contribution in [3.05, 3.63) is 0 Å². The Balaban J connectivity index is 1.79. The SMILES string of the molecule is CN(C)C1(C(O)CCCC2CCCO2)CCCCC1. The van der Waals surface area contributed by atoms with Crippen molar-refractivity contribution >= 4 is 0 Å². The predicted octanol–water partition coefficient (Wildman–Crippen LogP) is 2.96. The standard InChI is InChI=1S/C16H31NO2/c1-17(2)16(11-4-3-5-12-16)15(18)10-6-8-14-9-7-13-19-14/h14-15,18H,3-13H2,1-2H3. The average molecular weight is 269 g/mol. The van der Waals surface area contributed by atoms with Gasteiger partial charge >= 0.3 is 0 Å². The van der Waals surface area contributed by atoms with Gasteiger partial charge in [-0.2, -0.15) is 0 Å². The van der Waals surface area contributed by atoms with E-state index in [9.17, 15) is 5.11 Å². The summed E-state index contributed by atoms with van der Waals surface area (Å²) >= 11 is 0. The highest BCUT2D eigenvalue weighted by Gasteiger charge is 2.40. The molecule has 2 atom stereocenters. The first-order valence-corrected chi connectivity index (χ1v) is 8.12. The highest BCUT2D eigenvalue weighted by molar-refractivity contribution is 4.96. The number of ether oxygens (including phenoxy) is 1. The zero-order valence-electron chi connectivity index (χ0n) is 12.7. The van der Waals surface area contributed by atoms with Crippen LogP contribution in [-0.2, 0) is 4.74 Å². The molecule has 1 N–H and O–H groups in total. The van der Waals surface area contributed by atoms with E-state index in [-0.39, 0.29) is 11.6 Å². The van der Waals surface area contributed by atoms with Crippen molar-refractivity contribution in [2.45, 2.75) is 82.0 Å². The van der Waals surface area contributed by atoms with Gasteiger partial charge in [0.15, 0.2) is 0 Å². The molecule has 2 aliphatic rings. The van der Waals surface area contributed by atoms with Gasteiger partial charge in [-0.1, -0.05) is 19.3 Å². The van der Waals surface area contributed by atoms with Gasteiger partial charge in [-0.05, 0) is 59.0 Å². The molecule has 1 aliphatic carbocycles. The van der Waals surface area contributed by atoms with Crippen molar-refractivity contribution in [2.24, 2.45) is 0 Å². The van der Waals surface area contributed by atoms with Crippen LogP contribution in [0.2, 0.25) is 0 Å². The Morgan fingerprint density at radius 2 is 1.95 bits per heavy atom. The summed E-state index contributed by atoms with van der Waals surface area (Å²) in [4.78, 5) is 2.28. The van der Waals surface area contributed by atoms with E-state index >= 15 is 0 Å². The largest absolute Gasteiger partial charge is 0.391 e. The highest BCUT2D eigenvalue weighted by atomic mass is 16.5. The molecule has 3 heteroatoms. The van der Waals surface area contributed by atoms with E-state index in [2.05, 4.69) is 19.0 Å². The lowest BCUT2D eigenvalue weighted by Crippen LogP contribution is -2.54. The lowest BCUT2D eigenvalue weighted by molar-refractivity contribution is -0.0379. The smallest absolute Gasteiger partial charge is 0.0723 e. The molecule has 0 radical (unpaired) electrons. The molecule has 112 valence electrons. The molecule has 3 nitrogen and oxygen atoms in total. The van der Waals surface area contributed by atoms with Crippen LogP contribution in [0, 0.1) is 0 Å². The number of rotatable bonds is 6. The van der Waals surface area contributed by atoms with Gasteiger partial charge in [-0.25, -0.2) is 0 Å². The van der Waals surface area contributed by atoms with Crippen LogP contribution in [0.4, 0.5) is 0 Å². The molecule has 0 spiro atoms. The highest BCUT2D eigenvalue weighted by Crippen LogP contribution is 2.37. The number of aliphatic hydroxyl groups excluding tert-OH is 1. The molecule has 2 rings (SSSR count). The van der Waals surface area contributed by atoms with Crippen LogP contribution in [0.5, 0.6) is 0 Å². The second-order valence-electron chi connectivity index (χ2n) is 6.64. The molecule has 1 saturated heterocycles. The Kier molecular flexibility index (Phi) is 5.67. The molecule has 1 saturated carbocycles. The van der Waals surface area contributed by atoms with Crippen LogP contribution in [-0.4, -0.2) is 48.5 Å². The monoisotopic (exact) mass is 269 g/mol. The first-order chi connectivity index (χ1) is 9.15. The van der Waals surface area contributed by atoms with Crippen molar-refractivity contribution in [2.75, 3.05) is 20.7 Å². The molecular weight excluding hydrogens is 238 g/mol. The van der Waals surface area contributed by atoms with Gasteiger partial charge in [-0.3, -0.25) is 0 Å². The molecule has 2 fully saturated rings. The lowest BCUT2D eigenvalue weighted by atomic mass is 9.75. The molecule has 0 aromatic heterocycles. The fraction of sp³-hybridized carbons (Fsp3) is 1.00. The third kappa shape index (κ3) is 3.71. The van der Waals surface area contributed by atoms with Gasteiger partial charge in [0.25, 0.3) is 0 Å². The molecular formula is C16H31NO2. The predicted molar refractivity (Wildman–Crippen MR) is 78.3 cm³/mol. The number of nitrogens with zero attached hydrogens (tertiary/aromatic N) is 1. The third-order valence-corrected chi connectivity index (χ3v) is 5.26. The van der Waals surface area contributed by atoms with Crippen LogP contribution >= 0.6 is 0 Å². The first kappa shape index (κ1) is 15.3. The Bertz CT molecular complexity index is 255. The molecule has 1 aliphatic heterocycles. The van der Waals surface area contributed by atoms with Gasteiger partial charge in [0, 0.05) is 12.1 Å². The normalized spacial score (nSPS) is 28.7.